The Morgan fingerprint density at radius 3 is 2.75 bits per heavy atom. The van der Waals surface area contributed by atoms with Gasteiger partial charge in [0.25, 0.3) is 0 Å². The van der Waals surface area contributed by atoms with Gasteiger partial charge < -0.3 is 14.9 Å². The predicted octanol–water partition coefficient (Wildman–Crippen LogP) is 0.614. The van der Waals surface area contributed by atoms with Crippen molar-refractivity contribution in [2.24, 2.45) is 0 Å². The third kappa shape index (κ3) is 4.62. The van der Waals surface area contributed by atoms with Crippen LogP contribution < -0.4 is 0 Å². The Morgan fingerprint density at radius 1 is 1.25 bits per heavy atom. The van der Waals surface area contributed by atoms with Gasteiger partial charge >= 0.3 is 0 Å². The van der Waals surface area contributed by atoms with Crippen molar-refractivity contribution in [1.29, 1.82) is 0 Å². The van der Waals surface area contributed by atoms with Gasteiger partial charge in [-0.2, -0.15) is 0 Å². The summed E-state index contributed by atoms with van der Waals surface area (Å²) in [6.07, 6.45) is 0.449. The summed E-state index contributed by atoms with van der Waals surface area (Å²) < 4.78 is 5.44. The largest absolute Gasteiger partial charge is 0.395 e. The molecule has 0 amide bonds. The van der Waals surface area contributed by atoms with Gasteiger partial charge in [-0.25, -0.2) is 0 Å². The zero-order valence-electron chi connectivity index (χ0n) is 11.6. The van der Waals surface area contributed by atoms with Crippen molar-refractivity contribution in [1.82, 2.24) is 4.90 Å². The quantitative estimate of drug-likeness (QED) is 0.791. The SMILES string of the molecule is OCCC#Cc1ccc(CN2CCOC(CO)C2)cc1. The van der Waals surface area contributed by atoms with E-state index in [1.165, 1.54) is 5.56 Å². The van der Waals surface area contributed by atoms with E-state index in [0.29, 0.717) is 13.0 Å². The molecule has 4 nitrogen and oxygen atoms in total. The van der Waals surface area contributed by atoms with Gasteiger partial charge in [0.15, 0.2) is 0 Å². The maximum atomic E-state index is 9.13. The van der Waals surface area contributed by atoms with Crippen molar-refractivity contribution < 1.29 is 14.9 Å². The van der Waals surface area contributed by atoms with Crippen molar-refractivity contribution in [3.63, 3.8) is 0 Å². The van der Waals surface area contributed by atoms with Crippen LogP contribution in [0.25, 0.3) is 0 Å². The van der Waals surface area contributed by atoms with Crippen LogP contribution in [0.15, 0.2) is 24.3 Å². The maximum absolute atomic E-state index is 9.13. The van der Waals surface area contributed by atoms with E-state index in [1.807, 2.05) is 12.1 Å². The van der Waals surface area contributed by atoms with Crippen LogP contribution >= 0.6 is 0 Å². The molecular formula is C16H21NO3. The summed E-state index contributed by atoms with van der Waals surface area (Å²) in [6, 6.07) is 8.16. The third-order valence-corrected chi connectivity index (χ3v) is 3.26. The first-order valence-corrected chi connectivity index (χ1v) is 6.95. The molecule has 4 heteroatoms. The second-order valence-electron chi connectivity index (χ2n) is 4.88. The van der Waals surface area contributed by atoms with Gasteiger partial charge in [-0.1, -0.05) is 24.0 Å². The number of aliphatic hydroxyl groups excluding tert-OH is 2. The molecule has 20 heavy (non-hydrogen) atoms. The molecule has 0 spiro atoms. The molecule has 1 unspecified atom stereocenters. The Balaban J connectivity index is 1.89. The molecule has 108 valence electrons. The fourth-order valence-electron chi connectivity index (χ4n) is 2.21. The lowest BCUT2D eigenvalue weighted by Gasteiger charge is -2.31. The van der Waals surface area contributed by atoms with Crippen LogP contribution in [0.3, 0.4) is 0 Å². The molecule has 2 N–H and O–H groups in total. The van der Waals surface area contributed by atoms with Crippen molar-refractivity contribution in [3.8, 4) is 11.8 Å². The number of benzene rings is 1. The number of ether oxygens (including phenoxy) is 1. The van der Waals surface area contributed by atoms with Gasteiger partial charge in [0.05, 0.1) is 25.9 Å². The first kappa shape index (κ1) is 15.0. The molecule has 1 atom stereocenters. The first-order valence-electron chi connectivity index (χ1n) is 6.95. The lowest BCUT2D eigenvalue weighted by molar-refractivity contribution is -0.0551. The fraction of sp³-hybridized carbons (Fsp3) is 0.500. The van der Waals surface area contributed by atoms with Crippen LogP contribution in [0.1, 0.15) is 17.5 Å². The highest BCUT2D eigenvalue weighted by atomic mass is 16.5. The molecule has 0 aliphatic carbocycles. The molecule has 0 bridgehead atoms. The second-order valence-corrected chi connectivity index (χ2v) is 4.88. The number of hydrogen-bond donors (Lipinski definition) is 2. The molecule has 1 saturated heterocycles. The van der Waals surface area contributed by atoms with E-state index in [4.69, 9.17) is 14.9 Å². The minimum absolute atomic E-state index is 0.0626. The van der Waals surface area contributed by atoms with E-state index in [9.17, 15) is 0 Å². The topological polar surface area (TPSA) is 52.9 Å². The summed E-state index contributed by atoms with van der Waals surface area (Å²) in [4.78, 5) is 2.29. The van der Waals surface area contributed by atoms with Crippen LogP contribution in [-0.4, -0.2) is 54.1 Å². The number of aliphatic hydroxyl groups is 2. The average Bonchev–Trinajstić information content (AvgIpc) is 2.49. The monoisotopic (exact) mass is 275 g/mol. The first-order chi connectivity index (χ1) is 9.81. The predicted molar refractivity (Wildman–Crippen MR) is 77.1 cm³/mol. The van der Waals surface area contributed by atoms with Gasteiger partial charge in [-0.05, 0) is 17.7 Å². The number of nitrogens with zero attached hydrogens (tertiary/aromatic N) is 1. The van der Waals surface area contributed by atoms with Gasteiger partial charge in [0.2, 0.25) is 0 Å². The third-order valence-electron chi connectivity index (χ3n) is 3.26. The van der Waals surface area contributed by atoms with E-state index in [1.54, 1.807) is 0 Å². The summed E-state index contributed by atoms with van der Waals surface area (Å²) in [5.41, 5.74) is 2.20. The van der Waals surface area contributed by atoms with Crippen molar-refractivity contribution >= 4 is 0 Å². The molecule has 1 aromatic rings. The van der Waals surface area contributed by atoms with E-state index < -0.39 is 0 Å². The van der Waals surface area contributed by atoms with Crippen molar-refractivity contribution in [3.05, 3.63) is 35.4 Å². The molecule has 2 rings (SSSR count). The van der Waals surface area contributed by atoms with Crippen LogP contribution in [0.2, 0.25) is 0 Å². The Hall–Kier alpha value is -1.38. The normalized spacial score (nSPS) is 19.4. The summed E-state index contributed by atoms with van der Waals surface area (Å²) in [6.45, 7) is 3.40. The minimum atomic E-state index is -0.0626. The average molecular weight is 275 g/mol. The molecular weight excluding hydrogens is 254 g/mol. The van der Waals surface area contributed by atoms with Crippen LogP contribution in [0.4, 0.5) is 0 Å². The van der Waals surface area contributed by atoms with E-state index in [2.05, 4.69) is 28.9 Å². The molecule has 1 aliphatic heterocycles. The molecule has 1 heterocycles. The van der Waals surface area contributed by atoms with Gasteiger partial charge in [0.1, 0.15) is 0 Å². The summed E-state index contributed by atoms with van der Waals surface area (Å²) in [5.74, 6) is 5.93. The highest BCUT2D eigenvalue weighted by Crippen LogP contribution is 2.11. The number of rotatable bonds is 4. The molecule has 0 radical (unpaired) electrons. The van der Waals surface area contributed by atoms with E-state index in [-0.39, 0.29) is 19.3 Å². The van der Waals surface area contributed by atoms with Crippen molar-refractivity contribution in [2.75, 3.05) is 32.9 Å². The maximum Gasteiger partial charge on any atom is 0.0933 e. The molecule has 0 aromatic heterocycles. The smallest absolute Gasteiger partial charge is 0.0933 e. The standard InChI is InChI=1S/C16H21NO3/c18-9-2-1-3-14-4-6-15(7-5-14)11-17-8-10-20-16(12-17)13-19/h4-7,16,18-19H,2,8-13H2. The van der Waals surface area contributed by atoms with Gasteiger partial charge in [-0.15, -0.1) is 0 Å². The van der Waals surface area contributed by atoms with Crippen molar-refractivity contribution in [2.45, 2.75) is 19.1 Å². The Kier molecular flexibility index (Phi) is 6.03. The van der Waals surface area contributed by atoms with E-state index in [0.717, 1.165) is 25.2 Å². The fourth-order valence-corrected chi connectivity index (χ4v) is 2.21. The van der Waals surface area contributed by atoms with Gasteiger partial charge in [-0.3, -0.25) is 4.90 Å². The lowest BCUT2D eigenvalue weighted by atomic mass is 10.1. The van der Waals surface area contributed by atoms with Crippen LogP contribution in [0, 0.1) is 11.8 Å². The van der Waals surface area contributed by atoms with Crippen LogP contribution in [-0.2, 0) is 11.3 Å². The Morgan fingerprint density at radius 2 is 2.05 bits per heavy atom. The van der Waals surface area contributed by atoms with Gasteiger partial charge in [0, 0.05) is 31.6 Å². The summed E-state index contributed by atoms with van der Waals surface area (Å²) in [5, 5.41) is 17.8. The molecule has 0 saturated carbocycles. The summed E-state index contributed by atoms with van der Waals surface area (Å²) in [7, 11) is 0. The highest BCUT2D eigenvalue weighted by molar-refractivity contribution is 5.36. The summed E-state index contributed by atoms with van der Waals surface area (Å²) >= 11 is 0. The molecule has 1 aromatic carbocycles. The molecule has 1 fully saturated rings. The zero-order chi connectivity index (χ0) is 14.2. The Labute approximate surface area is 120 Å². The Bertz CT molecular complexity index is 461. The van der Waals surface area contributed by atoms with E-state index >= 15 is 0 Å². The lowest BCUT2D eigenvalue weighted by Crippen LogP contribution is -2.43. The zero-order valence-corrected chi connectivity index (χ0v) is 11.6. The van der Waals surface area contributed by atoms with Crippen LogP contribution in [0.5, 0.6) is 0 Å². The number of hydrogen-bond acceptors (Lipinski definition) is 4. The number of morpholine rings is 1. The minimum Gasteiger partial charge on any atom is -0.395 e. The highest BCUT2D eigenvalue weighted by Gasteiger charge is 2.19. The molecule has 1 aliphatic rings. The second kappa shape index (κ2) is 8.03.